The number of esters is 2. The third-order valence-electron chi connectivity index (χ3n) is 1.98. The Kier molecular flexibility index (Phi) is 7.70. The van der Waals surface area contributed by atoms with E-state index in [1.54, 1.807) is 0 Å². The summed E-state index contributed by atoms with van der Waals surface area (Å²) in [5, 5.41) is 0. The Labute approximate surface area is 99.6 Å². The van der Waals surface area contributed by atoms with Crippen LogP contribution in [0.5, 0.6) is 0 Å². The lowest BCUT2D eigenvalue weighted by molar-refractivity contribution is -0.150. The first-order valence-corrected chi connectivity index (χ1v) is 4.95. The van der Waals surface area contributed by atoms with Gasteiger partial charge in [-0.15, -0.1) is 0 Å². The van der Waals surface area contributed by atoms with E-state index >= 15 is 0 Å². The molecule has 0 radical (unpaired) electrons. The van der Waals surface area contributed by atoms with Crippen molar-refractivity contribution in [2.45, 2.75) is 6.42 Å². The molecular formula is C10H17NO6. The van der Waals surface area contributed by atoms with Crippen LogP contribution in [0.25, 0.3) is 0 Å². The number of ether oxygens (including phenoxy) is 3. The van der Waals surface area contributed by atoms with Gasteiger partial charge in [0.25, 0.3) is 0 Å². The number of hydrogen-bond acceptors (Lipinski definition) is 6. The first-order valence-electron chi connectivity index (χ1n) is 4.95. The molecule has 0 aromatic carbocycles. The van der Waals surface area contributed by atoms with E-state index in [4.69, 9.17) is 0 Å². The number of hydrogen-bond donors (Lipinski definition) is 0. The second kappa shape index (κ2) is 8.51. The first kappa shape index (κ1) is 15.4. The van der Waals surface area contributed by atoms with Gasteiger partial charge in [0.2, 0.25) is 5.91 Å². The van der Waals surface area contributed by atoms with Gasteiger partial charge in [0, 0.05) is 13.7 Å². The highest BCUT2D eigenvalue weighted by Gasteiger charge is 2.18. The molecule has 7 nitrogen and oxygen atoms in total. The quantitative estimate of drug-likeness (QED) is 0.548. The Morgan fingerprint density at radius 2 is 1.59 bits per heavy atom. The maximum Gasteiger partial charge on any atom is 0.325 e. The standard InChI is InChI=1S/C10H17NO6/c1-15-7-8(12)11(6-10(14)17-3)5-4-9(13)16-2/h4-7H2,1-3H3. The molecule has 0 N–H and O–H groups in total. The van der Waals surface area contributed by atoms with E-state index in [0.29, 0.717) is 0 Å². The van der Waals surface area contributed by atoms with Crippen molar-refractivity contribution in [1.82, 2.24) is 4.90 Å². The van der Waals surface area contributed by atoms with Crippen LogP contribution in [-0.2, 0) is 28.6 Å². The van der Waals surface area contributed by atoms with Crippen LogP contribution in [0.15, 0.2) is 0 Å². The van der Waals surface area contributed by atoms with Crippen LogP contribution < -0.4 is 0 Å². The molecule has 1 amide bonds. The molecule has 0 rings (SSSR count). The van der Waals surface area contributed by atoms with Crippen LogP contribution in [-0.4, -0.2) is 63.8 Å². The Bertz CT molecular complexity index is 278. The molecule has 0 saturated heterocycles. The Hall–Kier alpha value is -1.63. The van der Waals surface area contributed by atoms with Crippen LogP contribution in [0.4, 0.5) is 0 Å². The van der Waals surface area contributed by atoms with E-state index in [9.17, 15) is 14.4 Å². The van der Waals surface area contributed by atoms with E-state index in [2.05, 4.69) is 14.2 Å². The van der Waals surface area contributed by atoms with Gasteiger partial charge >= 0.3 is 11.9 Å². The van der Waals surface area contributed by atoms with Gasteiger partial charge in [-0.2, -0.15) is 0 Å². The van der Waals surface area contributed by atoms with Gasteiger partial charge in [0.15, 0.2) is 0 Å². The molecule has 0 aromatic heterocycles. The van der Waals surface area contributed by atoms with Crippen molar-refractivity contribution in [3.8, 4) is 0 Å². The third-order valence-corrected chi connectivity index (χ3v) is 1.98. The zero-order chi connectivity index (χ0) is 13.3. The molecule has 0 bridgehead atoms. The molecule has 0 saturated carbocycles. The van der Waals surface area contributed by atoms with Crippen LogP contribution in [0.3, 0.4) is 0 Å². The van der Waals surface area contributed by atoms with Crippen molar-refractivity contribution in [2.24, 2.45) is 0 Å². The highest BCUT2D eigenvalue weighted by molar-refractivity contribution is 5.83. The highest BCUT2D eigenvalue weighted by Crippen LogP contribution is 1.96. The summed E-state index contributed by atoms with van der Waals surface area (Å²) in [5.74, 6) is -1.40. The van der Waals surface area contributed by atoms with Gasteiger partial charge in [-0.05, 0) is 0 Å². The molecule has 7 heteroatoms. The predicted octanol–water partition coefficient (Wildman–Crippen LogP) is -0.802. The molecule has 0 unspecified atom stereocenters. The molecule has 0 aromatic rings. The number of methoxy groups -OCH3 is 3. The summed E-state index contributed by atoms with van der Waals surface area (Å²) in [6.45, 7) is -0.280. The Morgan fingerprint density at radius 3 is 2.06 bits per heavy atom. The monoisotopic (exact) mass is 247 g/mol. The van der Waals surface area contributed by atoms with Crippen molar-refractivity contribution in [3.63, 3.8) is 0 Å². The molecule has 0 aliphatic carbocycles. The highest BCUT2D eigenvalue weighted by atomic mass is 16.5. The average Bonchev–Trinajstić information content (AvgIpc) is 2.33. The van der Waals surface area contributed by atoms with Crippen LogP contribution in [0.2, 0.25) is 0 Å². The Balaban J connectivity index is 4.34. The van der Waals surface area contributed by atoms with E-state index in [1.165, 1.54) is 26.2 Å². The van der Waals surface area contributed by atoms with Gasteiger partial charge in [-0.25, -0.2) is 0 Å². The maximum atomic E-state index is 11.5. The third kappa shape index (κ3) is 6.52. The number of nitrogens with zero attached hydrogens (tertiary/aromatic N) is 1. The lowest BCUT2D eigenvalue weighted by atomic mass is 10.3. The van der Waals surface area contributed by atoms with Gasteiger partial charge < -0.3 is 19.1 Å². The van der Waals surface area contributed by atoms with E-state index in [-0.39, 0.29) is 32.0 Å². The minimum atomic E-state index is -0.556. The lowest BCUT2D eigenvalue weighted by Gasteiger charge is -2.20. The second-order valence-electron chi connectivity index (χ2n) is 3.15. The largest absolute Gasteiger partial charge is 0.469 e. The number of amides is 1. The molecular weight excluding hydrogens is 230 g/mol. The average molecular weight is 247 g/mol. The fraction of sp³-hybridized carbons (Fsp3) is 0.700. The second-order valence-corrected chi connectivity index (χ2v) is 3.15. The molecule has 0 aliphatic heterocycles. The van der Waals surface area contributed by atoms with Gasteiger partial charge in [0.05, 0.1) is 20.6 Å². The molecule has 98 valence electrons. The van der Waals surface area contributed by atoms with Gasteiger partial charge in [-0.1, -0.05) is 0 Å². The van der Waals surface area contributed by atoms with Crippen LogP contribution in [0.1, 0.15) is 6.42 Å². The number of rotatable bonds is 7. The molecule has 0 fully saturated rings. The fourth-order valence-corrected chi connectivity index (χ4v) is 1.06. The van der Waals surface area contributed by atoms with Crippen LogP contribution in [0, 0.1) is 0 Å². The summed E-state index contributed by atoms with van der Waals surface area (Å²) in [6.07, 6.45) is 0.0168. The van der Waals surface area contributed by atoms with E-state index in [1.807, 2.05) is 0 Å². The predicted molar refractivity (Wildman–Crippen MR) is 57.1 cm³/mol. The molecule has 0 atom stereocenters. The molecule has 17 heavy (non-hydrogen) atoms. The summed E-state index contributed by atoms with van der Waals surface area (Å²) >= 11 is 0. The maximum absolute atomic E-state index is 11.5. The van der Waals surface area contributed by atoms with Crippen LogP contribution >= 0.6 is 0 Å². The number of carbonyl (C=O) groups is 3. The minimum absolute atomic E-state index is 0.0168. The smallest absolute Gasteiger partial charge is 0.325 e. The number of carbonyl (C=O) groups excluding carboxylic acids is 3. The van der Waals surface area contributed by atoms with Gasteiger partial charge in [-0.3, -0.25) is 14.4 Å². The summed E-state index contributed by atoms with van der Waals surface area (Å²) in [5.41, 5.74) is 0. The van der Waals surface area contributed by atoms with E-state index in [0.717, 1.165) is 0 Å². The molecule has 0 aliphatic rings. The van der Waals surface area contributed by atoms with Crippen molar-refractivity contribution in [3.05, 3.63) is 0 Å². The summed E-state index contributed by atoms with van der Waals surface area (Å²) in [4.78, 5) is 34.7. The summed E-state index contributed by atoms with van der Waals surface area (Å²) in [7, 11) is 3.85. The molecule has 0 spiro atoms. The topological polar surface area (TPSA) is 82.1 Å². The fourth-order valence-electron chi connectivity index (χ4n) is 1.06. The normalized spacial score (nSPS) is 9.59. The van der Waals surface area contributed by atoms with E-state index < -0.39 is 11.9 Å². The zero-order valence-electron chi connectivity index (χ0n) is 10.2. The lowest BCUT2D eigenvalue weighted by Crippen LogP contribution is -2.39. The van der Waals surface area contributed by atoms with Crippen molar-refractivity contribution >= 4 is 17.8 Å². The van der Waals surface area contributed by atoms with Crippen molar-refractivity contribution < 1.29 is 28.6 Å². The van der Waals surface area contributed by atoms with Gasteiger partial charge in [0.1, 0.15) is 13.2 Å². The zero-order valence-corrected chi connectivity index (χ0v) is 10.2. The SMILES string of the molecule is COCC(=O)N(CCC(=O)OC)CC(=O)OC. The summed E-state index contributed by atoms with van der Waals surface area (Å²) in [6, 6.07) is 0. The summed E-state index contributed by atoms with van der Waals surface area (Å²) < 4.78 is 13.6. The minimum Gasteiger partial charge on any atom is -0.469 e. The molecule has 0 heterocycles. The first-order chi connectivity index (χ1) is 8.04. The Morgan fingerprint density at radius 1 is 1.00 bits per heavy atom. The van der Waals surface area contributed by atoms with Crippen molar-refractivity contribution in [2.75, 3.05) is 41.0 Å². The van der Waals surface area contributed by atoms with Crippen molar-refractivity contribution in [1.29, 1.82) is 0 Å².